The van der Waals surface area contributed by atoms with Crippen LogP contribution in [0, 0.1) is 22.7 Å². The Labute approximate surface area is 126 Å². The Morgan fingerprint density at radius 1 is 0.650 bits per heavy atom. The van der Waals surface area contributed by atoms with Crippen molar-refractivity contribution in [3.8, 4) is 0 Å². The summed E-state index contributed by atoms with van der Waals surface area (Å²) in [6.45, 7) is 19.4. The van der Waals surface area contributed by atoms with Crippen LogP contribution < -0.4 is 0 Å². The van der Waals surface area contributed by atoms with Gasteiger partial charge in [-0.15, -0.1) is 0 Å². The molecule has 0 aromatic heterocycles. The Hall–Kier alpha value is -0.520. The van der Waals surface area contributed by atoms with E-state index < -0.39 is 0 Å². The van der Waals surface area contributed by atoms with Crippen LogP contribution in [-0.4, -0.2) is 0 Å². The molecule has 0 heteroatoms. The summed E-state index contributed by atoms with van der Waals surface area (Å²) in [5.74, 6) is 1.54. The molecule has 0 aromatic rings. The number of fused-ring (bicyclic) bond motifs is 1. The summed E-state index contributed by atoms with van der Waals surface area (Å²) < 4.78 is 0. The molecule has 0 saturated heterocycles. The molecule has 20 heavy (non-hydrogen) atoms. The lowest BCUT2D eigenvalue weighted by molar-refractivity contribution is 0.120. The molecule has 0 radical (unpaired) electrons. The Morgan fingerprint density at radius 3 is 1.25 bits per heavy atom. The highest BCUT2D eigenvalue weighted by molar-refractivity contribution is 5.42. The van der Waals surface area contributed by atoms with E-state index in [1.807, 2.05) is 0 Å². The van der Waals surface area contributed by atoms with Crippen LogP contribution in [0.25, 0.3) is 0 Å². The fourth-order valence-corrected chi connectivity index (χ4v) is 4.41. The van der Waals surface area contributed by atoms with Crippen molar-refractivity contribution in [2.24, 2.45) is 22.7 Å². The Bertz CT molecular complexity index is 412. The third kappa shape index (κ3) is 2.90. The molecule has 2 aliphatic rings. The van der Waals surface area contributed by atoms with Crippen LogP contribution in [0.5, 0.6) is 0 Å². The maximum Gasteiger partial charge on any atom is -0.0129 e. The first-order valence-electron chi connectivity index (χ1n) is 8.39. The van der Waals surface area contributed by atoms with Gasteiger partial charge in [0, 0.05) is 0 Å². The average molecular weight is 274 g/mol. The van der Waals surface area contributed by atoms with Gasteiger partial charge in [0.15, 0.2) is 0 Å². The minimum Gasteiger partial charge on any atom is -0.0664 e. The fraction of sp³-hybridized carbons (Fsp3) is 0.800. The Balaban J connectivity index is 2.47. The molecule has 114 valence electrons. The van der Waals surface area contributed by atoms with Crippen molar-refractivity contribution >= 4 is 0 Å². The highest BCUT2D eigenvalue weighted by atomic mass is 14.4. The van der Waals surface area contributed by atoms with E-state index in [0.29, 0.717) is 10.8 Å². The summed E-state index contributed by atoms with van der Waals surface area (Å²) in [4.78, 5) is 0. The maximum absolute atomic E-state index is 2.48. The van der Waals surface area contributed by atoms with E-state index in [1.165, 1.54) is 25.7 Å². The van der Waals surface area contributed by atoms with Crippen molar-refractivity contribution in [1.29, 1.82) is 0 Å². The molecule has 0 heterocycles. The van der Waals surface area contributed by atoms with Crippen LogP contribution in [0.2, 0.25) is 0 Å². The SMILES string of the molecule is CC1=C(C)C2CC(C)(C)CCC(C)(C)CC2C(C)=C1C. The van der Waals surface area contributed by atoms with Gasteiger partial charge in [-0.2, -0.15) is 0 Å². The van der Waals surface area contributed by atoms with Crippen LogP contribution in [0.15, 0.2) is 22.3 Å². The van der Waals surface area contributed by atoms with Gasteiger partial charge >= 0.3 is 0 Å². The second kappa shape index (κ2) is 5.04. The van der Waals surface area contributed by atoms with Crippen LogP contribution in [0.1, 0.15) is 81.1 Å². The van der Waals surface area contributed by atoms with E-state index in [9.17, 15) is 0 Å². The summed E-state index contributed by atoms with van der Waals surface area (Å²) in [7, 11) is 0. The second-order valence-corrected chi connectivity index (χ2v) is 9.07. The van der Waals surface area contributed by atoms with Crippen molar-refractivity contribution in [2.45, 2.75) is 81.1 Å². The normalized spacial score (nSPS) is 33.6. The predicted octanol–water partition coefficient (Wildman–Crippen LogP) is 6.53. The molecule has 1 fully saturated rings. The molecule has 2 atom stereocenters. The van der Waals surface area contributed by atoms with Crippen molar-refractivity contribution in [1.82, 2.24) is 0 Å². The van der Waals surface area contributed by atoms with Crippen LogP contribution in [0.3, 0.4) is 0 Å². The monoisotopic (exact) mass is 274 g/mol. The summed E-state index contributed by atoms with van der Waals surface area (Å²) in [5, 5.41) is 0. The smallest absolute Gasteiger partial charge is 0.0129 e. The van der Waals surface area contributed by atoms with Crippen LogP contribution in [-0.2, 0) is 0 Å². The summed E-state index contributed by atoms with van der Waals surface area (Å²) in [6, 6.07) is 0. The maximum atomic E-state index is 2.48. The zero-order valence-corrected chi connectivity index (χ0v) is 15.0. The van der Waals surface area contributed by atoms with Crippen molar-refractivity contribution < 1.29 is 0 Å². The van der Waals surface area contributed by atoms with E-state index in [2.05, 4.69) is 55.4 Å². The predicted molar refractivity (Wildman–Crippen MR) is 89.8 cm³/mol. The largest absolute Gasteiger partial charge is 0.0664 e. The molecule has 0 amide bonds. The van der Waals surface area contributed by atoms with Gasteiger partial charge in [0.25, 0.3) is 0 Å². The molecule has 1 saturated carbocycles. The third-order valence-corrected chi connectivity index (χ3v) is 6.37. The highest BCUT2D eigenvalue weighted by Gasteiger charge is 2.40. The first-order chi connectivity index (χ1) is 9.04. The van der Waals surface area contributed by atoms with Crippen LogP contribution in [0.4, 0.5) is 0 Å². The van der Waals surface area contributed by atoms with E-state index in [-0.39, 0.29) is 0 Å². The molecular formula is C20H34. The van der Waals surface area contributed by atoms with E-state index in [0.717, 1.165) is 11.8 Å². The van der Waals surface area contributed by atoms with Crippen LogP contribution >= 0.6 is 0 Å². The molecule has 2 unspecified atom stereocenters. The van der Waals surface area contributed by atoms with Crippen molar-refractivity contribution in [3.05, 3.63) is 22.3 Å². The van der Waals surface area contributed by atoms with E-state index in [1.54, 1.807) is 22.3 Å². The average Bonchev–Trinajstić information content (AvgIpc) is 2.35. The quantitative estimate of drug-likeness (QED) is 0.471. The number of rotatable bonds is 0. The van der Waals surface area contributed by atoms with Gasteiger partial charge in [0.1, 0.15) is 0 Å². The van der Waals surface area contributed by atoms with Gasteiger partial charge in [0.05, 0.1) is 0 Å². The van der Waals surface area contributed by atoms with Crippen molar-refractivity contribution in [3.63, 3.8) is 0 Å². The lowest BCUT2D eigenvalue weighted by atomic mass is 9.59. The second-order valence-electron chi connectivity index (χ2n) is 9.07. The lowest BCUT2D eigenvalue weighted by Gasteiger charge is -2.46. The van der Waals surface area contributed by atoms with Gasteiger partial charge in [-0.3, -0.25) is 0 Å². The standard InChI is InChI=1S/C20H34/c1-13-14(2)16(4)18-12-20(7,8)10-9-19(5,6)11-17(18)15(13)3/h17-18H,9-12H2,1-8H3. The first-order valence-corrected chi connectivity index (χ1v) is 8.39. The topological polar surface area (TPSA) is 0 Å². The molecule has 2 aliphatic carbocycles. The molecule has 0 nitrogen and oxygen atoms in total. The minimum atomic E-state index is 0.480. The molecule has 2 rings (SSSR count). The van der Waals surface area contributed by atoms with Gasteiger partial charge in [-0.1, -0.05) is 38.8 Å². The zero-order valence-electron chi connectivity index (χ0n) is 15.0. The lowest BCUT2D eigenvalue weighted by Crippen LogP contribution is -2.35. The minimum absolute atomic E-state index is 0.480. The van der Waals surface area contributed by atoms with Gasteiger partial charge in [-0.25, -0.2) is 0 Å². The Morgan fingerprint density at radius 2 is 0.950 bits per heavy atom. The summed E-state index contributed by atoms with van der Waals surface area (Å²) >= 11 is 0. The molecule has 0 aliphatic heterocycles. The van der Waals surface area contributed by atoms with E-state index in [4.69, 9.17) is 0 Å². The molecule has 0 spiro atoms. The molecule has 0 aromatic carbocycles. The number of hydrogen-bond acceptors (Lipinski definition) is 0. The first kappa shape index (κ1) is 15.9. The molecule has 0 bridgehead atoms. The van der Waals surface area contributed by atoms with E-state index >= 15 is 0 Å². The molecule has 0 N–H and O–H groups in total. The van der Waals surface area contributed by atoms with Gasteiger partial charge in [0.2, 0.25) is 0 Å². The summed E-state index contributed by atoms with van der Waals surface area (Å²) in [5.41, 5.74) is 7.44. The zero-order chi connectivity index (χ0) is 15.3. The number of allylic oxidation sites excluding steroid dienone is 4. The number of hydrogen-bond donors (Lipinski definition) is 0. The van der Waals surface area contributed by atoms with Gasteiger partial charge in [-0.05, 0) is 87.2 Å². The Kier molecular flexibility index (Phi) is 4.00. The third-order valence-electron chi connectivity index (χ3n) is 6.37. The molecular weight excluding hydrogens is 240 g/mol. The summed E-state index contributed by atoms with van der Waals surface area (Å²) in [6.07, 6.45) is 5.47. The van der Waals surface area contributed by atoms with Gasteiger partial charge < -0.3 is 0 Å². The van der Waals surface area contributed by atoms with Crippen molar-refractivity contribution in [2.75, 3.05) is 0 Å². The fourth-order valence-electron chi connectivity index (χ4n) is 4.41. The highest BCUT2D eigenvalue weighted by Crippen LogP contribution is 2.52.